The first-order valence-corrected chi connectivity index (χ1v) is 5.59. The highest BCUT2D eigenvalue weighted by Gasteiger charge is 2.68. The summed E-state index contributed by atoms with van der Waals surface area (Å²) in [5.74, 6) is -0.735. The van der Waals surface area contributed by atoms with E-state index in [9.17, 15) is 9.90 Å². The van der Waals surface area contributed by atoms with Gasteiger partial charge in [0.05, 0.1) is 6.20 Å². The van der Waals surface area contributed by atoms with E-state index in [0.29, 0.717) is 6.42 Å². The average Bonchev–Trinajstić information content (AvgIpc) is 2.61. The Kier molecular flexibility index (Phi) is 2.16. The third-order valence-electron chi connectivity index (χ3n) is 3.73. The highest BCUT2D eigenvalue weighted by Crippen LogP contribution is 2.64. The minimum absolute atomic E-state index is 0.163. The van der Waals surface area contributed by atoms with Crippen molar-refractivity contribution in [3.63, 3.8) is 0 Å². The monoisotopic (exact) mass is 222 g/mol. The minimum atomic E-state index is -0.735. The number of aliphatic carboxylic acids is 1. The lowest BCUT2D eigenvalue weighted by Gasteiger charge is -2.13. The van der Waals surface area contributed by atoms with Crippen LogP contribution >= 0.6 is 0 Å². The molecule has 0 amide bonds. The molecule has 1 aromatic heterocycles. The fourth-order valence-corrected chi connectivity index (χ4v) is 2.44. The molecule has 1 heterocycles. The molecule has 4 nitrogen and oxygen atoms in total. The molecule has 0 aliphatic heterocycles. The van der Waals surface area contributed by atoms with Crippen LogP contribution in [0.25, 0.3) is 0 Å². The number of aromatic nitrogens is 2. The van der Waals surface area contributed by atoms with Gasteiger partial charge in [0.15, 0.2) is 0 Å². The Hall–Kier alpha value is -1.32. The van der Waals surface area contributed by atoms with Crippen LogP contribution in [-0.4, -0.2) is 20.9 Å². The van der Waals surface area contributed by atoms with E-state index in [1.54, 1.807) is 6.20 Å². The Bertz CT molecular complexity index is 434. The number of hydrogen-bond donors (Lipinski definition) is 1. The first-order chi connectivity index (χ1) is 7.31. The Morgan fingerprint density at radius 2 is 2.12 bits per heavy atom. The Balaban J connectivity index is 2.40. The summed E-state index contributed by atoms with van der Waals surface area (Å²) in [6, 6.07) is 0.265. The van der Waals surface area contributed by atoms with Crippen LogP contribution in [0.15, 0.2) is 12.4 Å². The molecule has 0 saturated heterocycles. The van der Waals surface area contributed by atoms with E-state index in [0.717, 1.165) is 5.56 Å². The highest BCUT2D eigenvalue weighted by molar-refractivity contribution is 5.86. The largest absolute Gasteiger partial charge is 0.481 e. The summed E-state index contributed by atoms with van der Waals surface area (Å²) in [6.45, 7) is 8.05. The summed E-state index contributed by atoms with van der Waals surface area (Å²) in [7, 11) is 0. The van der Waals surface area contributed by atoms with Gasteiger partial charge >= 0.3 is 5.97 Å². The van der Waals surface area contributed by atoms with Crippen molar-refractivity contribution in [3.8, 4) is 0 Å². The SMILES string of the molecule is CC(C)n1cc(C2(C(=O)O)CC2(C)C)cn1. The van der Waals surface area contributed by atoms with Gasteiger partial charge in [0.25, 0.3) is 0 Å². The molecule has 0 bridgehead atoms. The van der Waals surface area contributed by atoms with Gasteiger partial charge in [0, 0.05) is 17.8 Å². The quantitative estimate of drug-likeness (QED) is 0.853. The smallest absolute Gasteiger partial charge is 0.314 e. The fourth-order valence-electron chi connectivity index (χ4n) is 2.44. The van der Waals surface area contributed by atoms with E-state index >= 15 is 0 Å². The molecule has 0 aromatic carbocycles. The first kappa shape index (κ1) is 11.2. The van der Waals surface area contributed by atoms with Crippen LogP contribution in [0.4, 0.5) is 0 Å². The minimum Gasteiger partial charge on any atom is -0.481 e. The standard InChI is InChI=1S/C12H18N2O2/c1-8(2)14-6-9(5-13-14)12(10(15)16)7-11(12,3)4/h5-6,8H,7H2,1-4H3,(H,15,16). The van der Waals surface area contributed by atoms with Crippen LogP contribution in [0.2, 0.25) is 0 Å². The van der Waals surface area contributed by atoms with Gasteiger partial charge in [0.1, 0.15) is 5.41 Å². The Labute approximate surface area is 95.3 Å². The van der Waals surface area contributed by atoms with Crippen LogP contribution in [0.3, 0.4) is 0 Å². The van der Waals surface area contributed by atoms with E-state index in [-0.39, 0.29) is 11.5 Å². The van der Waals surface area contributed by atoms with Crippen molar-refractivity contribution in [2.75, 3.05) is 0 Å². The average molecular weight is 222 g/mol. The molecule has 16 heavy (non-hydrogen) atoms. The summed E-state index contributed by atoms with van der Waals surface area (Å²) in [5, 5.41) is 13.6. The molecule has 1 aromatic rings. The maximum Gasteiger partial charge on any atom is 0.314 e. The van der Waals surface area contributed by atoms with Gasteiger partial charge in [-0.1, -0.05) is 13.8 Å². The molecule has 1 saturated carbocycles. The topological polar surface area (TPSA) is 55.1 Å². The summed E-state index contributed by atoms with van der Waals surface area (Å²) >= 11 is 0. The van der Waals surface area contributed by atoms with Crippen molar-refractivity contribution in [2.45, 2.75) is 45.6 Å². The predicted molar refractivity (Wildman–Crippen MR) is 60.3 cm³/mol. The van der Waals surface area contributed by atoms with Gasteiger partial charge in [-0.2, -0.15) is 5.10 Å². The summed E-state index contributed by atoms with van der Waals surface area (Å²) in [6.07, 6.45) is 4.26. The summed E-state index contributed by atoms with van der Waals surface area (Å²) in [5.41, 5.74) is -0.0530. The third-order valence-corrected chi connectivity index (χ3v) is 3.73. The normalized spacial score (nSPS) is 27.1. The van der Waals surface area contributed by atoms with Crippen LogP contribution in [0.5, 0.6) is 0 Å². The van der Waals surface area contributed by atoms with Crippen molar-refractivity contribution in [3.05, 3.63) is 18.0 Å². The Morgan fingerprint density at radius 3 is 2.44 bits per heavy atom. The molecular weight excluding hydrogens is 204 g/mol. The molecule has 1 unspecified atom stereocenters. The molecule has 1 aliphatic rings. The van der Waals surface area contributed by atoms with Crippen molar-refractivity contribution in [2.24, 2.45) is 5.41 Å². The second-order valence-electron chi connectivity index (χ2n) is 5.57. The summed E-state index contributed by atoms with van der Waals surface area (Å²) in [4.78, 5) is 11.4. The molecule has 88 valence electrons. The zero-order valence-corrected chi connectivity index (χ0v) is 10.2. The van der Waals surface area contributed by atoms with Gasteiger partial charge in [0.2, 0.25) is 0 Å². The van der Waals surface area contributed by atoms with Crippen LogP contribution < -0.4 is 0 Å². The second kappa shape index (κ2) is 3.09. The van der Waals surface area contributed by atoms with E-state index in [2.05, 4.69) is 5.10 Å². The van der Waals surface area contributed by atoms with E-state index in [1.165, 1.54) is 0 Å². The van der Waals surface area contributed by atoms with Crippen molar-refractivity contribution >= 4 is 5.97 Å². The fraction of sp³-hybridized carbons (Fsp3) is 0.667. The van der Waals surface area contributed by atoms with E-state index in [1.807, 2.05) is 38.6 Å². The third kappa shape index (κ3) is 1.29. The second-order valence-corrected chi connectivity index (χ2v) is 5.57. The first-order valence-electron chi connectivity index (χ1n) is 5.59. The van der Waals surface area contributed by atoms with E-state index in [4.69, 9.17) is 0 Å². The van der Waals surface area contributed by atoms with Gasteiger partial charge in [-0.25, -0.2) is 0 Å². The molecular formula is C12H18N2O2. The predicted octanol–water partition coefficient (Wildman–Crippen LogP) is 2.22. The van der Waals surface area contributed by atoms with Gasteiger partial charge in [-0.15, -0.1) is 0 Å². The maximum atomic E-state index is 11.4. The molecule has 1 aliphatic carbocycles. The van der Waals surface area contributed by atoms with Crippen molar-refractivity contribution in [1.29, 1.82) is 0 Å². The molecule has 1 N–H and O–H groups in total. The maximum absolute atomic E-state index is 11.4. The van der Waals surface area contributed by atoms with Crippen molar-refractivity contribution < 1.29 is 9.90 Å². The van der Waals surface area contributed by atoms with Crippen LogP contribution in [0.1, 0.15) is 45.7 Å². The number of rotatable bonds is 3. The number of carboxylic acids is 1. The van der Waals surface area contributed by atoms with Crippen molar-refractivity contribution in [1.82, 2.24) is 9.78 Å². The van der Waals surface area contributed by atoms with Crippen LogP contribution in [0, 0.1) is 5.41 Å². The van der Waals surface area contributed by atoms with Gasteiger partial charge < -0.3 is 5.11 Å². The Morgan fingerprint density at radius 1 is 1.56 bits per heavy atom. The van der Waals surface area contributed by atoms with Gasteiger partial charge in [-0.05, 0) is 25.7 Å². The zero-order valence-electron chi connectivity index (χ0n) is 10.2. The lowest BCUT2D eigenvalue weighted by atomic mass is 9.90. The molecule has 2 rings (SSSR count). The highest BCUT2D eigenvalue weighted by atomic mass is 16.4. The molecule has 0 radical (unpaired) electrons. The van der Waals surface area contributed by atoms with Crippen LogP contribution in [-0.2, 0) is 10.2 Å². The summed E-state index contributed by atoms with van der Waals surface area (Å²) < 4.78 is 1.81. The van der Waals surface area contributed by atoms with E-state index < -0.39 is 11.4 Å². The number of carbonyl (C=O) groups is 1. The molecule has 4 heteroatoms. The lowest BCUT2D eigenvalue weighted by molar-refractivity contribution is -0.141. The lowest BCUT2D eigenvalue weighted by Crippen LogP contribution is -2.25. The molecule has 0 spiro atoms. The number of hydrogen-bond acceptors (Lipinski definition) is 2. The number of carboxylic acid groups (broad SMARTS) is 1. The zero-order chi connectivity index (χ0) is 12.1. The van der Waals surface area contributed by atoms with Gasteiger partial charge in [-0.3, -0.25) is 9.48 Å². The number of nitrogens with zero attached hydrogens (tertiary/aromatic N) is 2. The molecule has 1 fully saturated rings. The molecule has 1 atom stereocenters.